The highest BCUT2D eigenvalue weighted by molar-refractivity contribution is 5.67. The van der Waals surface area contributed by atoms with Crippen LogP contribution < -0.4 is 0 Å². The normalized spacial score (nSPS) is 9.75. The largest absolute Gasteiger partial charge is 0.481 e. The highest BCUT2D eigenvalue weighted by atomic mass is 16.4. The Morgan fingerprint density at radius 3 is 3.00 bits per heavy atom. The third-order valence-electron chi connectivity index (χ3n) is 1.62. The van der Waals surface area contributed by atoms with Gasteiger partial charge in [-0.2, -0.15) is 0 Å². The van der Waals surface area contributed by atoms with Crippen LogP contribution in [0.1, 0.15) is 17.7 Å². The van der Waals surface area contributed by atoms with Crippen LogP contribution in [0.25, 0.3) is 0 Å². The van der Waals surface area contributed by atoms with Crippen LogP contribution in [0.15, 0.2) is 12.5 Å². The van der Waals surface area contributed by atoms with Gasteiger partial charge < -0.3 is 5.11 Å². The second kappa shape index (κ2) is 3.80. The van der Waals surface area contributed by atoms with E-state index in [1.54, 1.807) is 6.20 Å². The molecular weight excluding hydrogens is 156 g/mol. The summed E-state index contributed by atoms with van der Waals surface area (Å²) >= 11 is 0. The molecule has 4 heteroatoms. The number of carboxylic acids is 1. The summed E-state index contributed by atoms with van der Waals surface area (Å²) in [7, 11) is 0. The van der Waals surface area contributed by atoms with Crippen molar-refractivity contribution in [3.05, 3.63) is 23.8 Å². The van der Waals surface area contributed by atoms with Crippen LogP contribution in [-0.4, -0.2) is 21.0 Å². The van der Waals surface area contributed by atoms with E-state index in [0.717, 1.165) is 11.3 Å². The lowest BCUT2D eigenvalue weighted by Gasteiger charge is -1.99. The molecule has 1 heterocycles. The summed E-state index contributed by atoms with van der Waals surface area (Å²) in [5, 5.41) is 8.42. The van der Waals surface area contributed by atoms with Gasteiger partial charge >= 0.3 is 5.97 Å². The summed E-state index contributed by atoms with van der Waals surface area (Å²) in [6.07, 6.45) is 3.75. The number of aromatic nitrogens is 2. The summed E-state index contributed by atoms with van der Waals surface area (Å²) in [5.74, 6) is -0.793. The number of carbonyl (C=O) groups is 1. The van der Waals surface area contributed by atoms with E-state index in [0.29, 0.717) is 6.42 Å². The molecule has 0 aliphatic carbocycles. The van der Waals surface area contributed by atoms with Crippen LogP contribution in [0, 0.1) is 6.92 Å². The van der Waals surface area contributed by atoms with Crippen molar-refractivity contribution >= 4 is 5.97 Å². The molecule has 0 aliphatic rings. The van der Waals surface area contributed by atoms with Crippen molar-refractivity contribution in [3.8, 4) is 0 Å². The molecule has 0 bridgehead atoms. The van der Waals surface area contributed by atoms with Crippen LogP contribution in [0.4, 0.5) is 0 Å². The average Bonchev–Trinajstić information content (AvgIpc) is 2.03. The second-order valence-electron chi connectivity index (χ2n) is 2.53. The van der Waals surface area contributed by atoms with Crippen molar-refractivity contribution in [2.24, 2.45) is 0 Å². The number of hydrogen-bond acceptors (Lipinski definition) is 3. The Bertz CT molecular complexity index is 286. The van der Waals surface area contributed by atoms with Gasteiger partial charge in [0.15, 0.2) is 0 Å². The highest BCUT2D eigenvalue weighted by Crippen LogP contribution is 2.04. The van der Waals surface area contributed by atoms with Crippen molar-refractivity contribution in [1.82, 2.24) is 9.97 Å². The minimum atomic E-state index is -0.793. The van der Waals surface area contributed by atoms with Crippen molar-refractivity contribution < 1.29 is 9.90 Å². The van der Waals surface area contributed by atoms with Gasteiger partial charge in [0, 0.05) is 18.3 Å². The lowest BCUT2D eigenvalue weighted by molar-refractivity contribution is -0.136. The summed E-state index contributed by atoms with van der Waals surface area (Å²) in [6.45, 7) is 1.85. The Morgan fingerprint density at radius 2 is 2.42 bits per heavy atom. The van der Waals surface area contributed by atoms with Gasteiger partial charge in [-0.3, -0.25) is 4.79 Å². The molecule has 1 aromatic rings. The number of nitrogens with zero attached hydrogens (tertiary/aromatic N) is 2. The molecule has 1 aromatic heterocycles. The van der Waals surface area contributed by atoms with Gasteiger partial charge in [-0.25, -0.2) is 9.97 Å². The van der Waals surface area contributed by atoms with Gasteiger partial charge in [0.1, 0.15) is 6.33 Å². The number of hydrogen-bond donors (Lipinski definition) is 1. The fourth-order valence-corrected chi connectivity index (χ4v) is 0.907. The molecule has 0 radical (unpaired) electrons. The number of aliphatic carboxylic acids is 1. The molecule has 1 N–H and O–H groups in total. The van der Waals surface area contributed by atoms with E-state index in [-0.39, 0.29) is 6.42 Å². The molecule has 64 valence electrons. The van der Waals surface area contributed by atoms with E-state index in [1.165, 1.54) is 6.33 Å². The highest BCUT2D eigenvalue weighted by Gasteiger charge is 2.01. The fraction of sp³-hybridized carbons (Fsp3) is 0.375. The third-order valence-corrected chi connectivity index (χ3v) is 1.62. The summed E-state index contributed by atoms with van der Waals surface area (Å²) in [6, 6.07) is 0. The summed E-state index contributed by atoms with van der Waals surface area (Å²) < 4.78 is 0. The van der Waals surface area contributed by atoms with Crippen LogP contribution >= 0.6 is 0 Å². The molecule has 0 saturated heterocycles. The van der Waals surface area contributed by atoms with Crippen LogP contribution in [0.3, 0.4) is 0 Å². The van der Waals surface area contributed by atoms with Gasteiger partial charge in [-0.15, -0.1) is 0 Å². The van der Waals surface area contributed by atoms with E-state index in [4.69, 9.17) is 5.11 Å². The third kappa shape index (κ3) is 2.30. The second-order valence-corrected chi connectivity index (χ2v) is 2.53. The lowest BCUT2D eigenvalue weighted by Crippen LogP contribution is -2.00. The molecule has 0 amide bonds. The van der Waals surface area contributed by atoms with Crippen molar-refractivity contribution in [2.75, 3.05) is 0 Å². The molecule has 0 atom stereocenters. The minimum Gasteiger partial charge on any atom is -0.481 e. The van der Waals surface area contributed by atoms with Crippen molar-refractivity contribution in [3.63, 3.8) is 0 Å². The first-order valence-corrected chi connectivity index (χ1v) is 3.67. The standard InChI is InChI=1S/C8H10N2O2/c1-6-7(2-3-8(11)12)4-9-5-10-6/h4-5H,2-3H2,1H3,(H,11,12). The van der Waals surface area contributed by atoms with Crippen LogP contribution in [0.5, 0.6) is 0 Å². The maximum absolute atomic E-state index is 10.2. The Kier molecular flexibility index (Phi) is 2.74. The Hall–Kier alpha value is -1.45. The predicted molar refractivity (Wildman–Crippen MR) is 42.7 cm³/mol. The first kappa shape index (κ1) is 8.64. The van der Waals surface area contributed by atoms with E-state index >= 15 is 0 Å². The molecule has 0 spiro atoms. The molecule has 0 aromatic carbocycles. The number of aryl methyl sites for hydroxylation is 2. The Labute approximate surface area is 70.3 Å². The Balaban J connectivity index is 2.63. The van der Waals surface area contributed by atoms with Gasteiger partial charge in [0.2, 0.25) is 0 Å². The quantitative estimate of drug-likeness (QED) is 0.721. The first-order chi connectivity index (χ1) is 5.70. The molecule has 0 unspecified atom stereocenters. The van der Waals surface area contributed by atoms with Gasteiger partial charge in [-0.05, 0) is 18.9 Å². The molecule has 0 aliphatic heterocycles. The topological polar surface area (TPSA) is 63.1 Å². The fourth-order valence-electron chi connectivity index (χ4n) is 0.907. The monoisotopic (exact) mass is 166 g/mol. The lowest BCUT2D eigenvalue weighted by atomic mass is 10.1. The van der Waals surface area contributed by atoms with Crippen molar-refractivity contribution in [2.45, 2.75) is 19.8 Å². The maximum atomic E-state index is 10.2. The average molecular weight is 166 g/mol. The zero-order chi connectivity index (χ0) is 8.97. The summed E-state index contributed by atoms with van der Waals surface area (Å²) in [5.41, 5.74) is 1.76. The van der Waals surface area contributed by atoms with E-state index in [2.05, 4.69) is 9.97 Å². The predicted octanol–water partition coefficient (Wildman–Crippen LogP) is 0.802. The zero-order valence-electron chi connectivity index (χ0n) is 6.82. The molecule has 12 heavy (non-hydrogen) atoms. The molecule has 4 nitrogen and oxygen atoms in total. The maximum Gasteiger partial charge on any atom is 0.303 e. The number of rotatable bonds is 3. The minimum absolute atomic E-state index is 0.133. The molecule has 0 fully saturated rings. The van der Waals surface area contributed by atoms with E-state index < -0.39 is 5.97 Å². The van der Waals surface area contributed by atoms with E-state index in [1.807, 2.05) is 6.92 Å². The van der Waals surface area contributed by atoms with Crippen molar-refractivity contribution in [1.29, 1.82) is 0 Å². The Morgan fingerprint density at radius 1 is 1.67 bits per heavy atom. The smallest absolute Gasteiger partial charge is 0.303 e. The number of carboxylic acid groups (broad SMARTS) is 1. The van der Waals surface area contributed by atoms with Gasteiger partial charge in [0.25, 0.3) is 0 Å². The molecular formula is C8H10N2O2. The molecule has 0 saturated carbocycles. The van der Waals surface area contributed by atoms with Gasteiger partial charge in [0.05, 0.1) is 0 Å². The SMILES string of the molecule is Cc1ncncc1CCC(=O)O. The first-order valence-electron chi connectivity index (χ1n) is 3.67. The van der Waals surface area contributed by atoms with Crippen LogP contribution in [-0.2, 0) is 11.2 Å². The van der Waals surface area contributed by atoms with Crippen LogP contribution in [0.2, 0.25) is 0 Å². The molecule has 1 rings (SSSR count). The summed E-state index contributed by atoms with van der Waals surface area (Å²) in [4.78, 5) is 18.0. The van der Waals surface area contributed by atoms with Gasteiger partial charge in [-0.1, -0.05) is 0 Å². The zero-order valence-corrected chi connectivity index (χ0v) is 6.82. The van der Waals surface area contributed by atoms with E-state index in [9.17, 15) is 4.79 Å².